The van der Waals surface area contributed by atoms with Crippen LogP contribution in [0.1, 0.15) is 25.5 Å². The van der Waals surface area contributed by atoms with Gasteiger partial charge in [0.1, 0.15) is 0 Å². The van der Waals surface area contributed by atoms with Crippen LogP contribution in [-0.2, 0) is 11.3 Å². The molecule has 1 aliphatic rings. The Hall–Kier alpha value is -1.66. The fourth-order valence-corrected chi connectivity index (χ4v) is 2.52. The maximum Gasteiger partial charge on any atom is 0.216 e. The van der Waals surface area contributed by atoms with Crippen molar-refractivity contribution in [1.29, 1.82) is 0 Å². The fraction of sp³-hybridized carbons (Fsp3) is 0.571. The standard InChI is InChI=1S/C14H23N5O/c1-11(20)17-9-12-3-6-19(7-4-12)10-14-8-13(18-15)2-5-16-14/h2,5,8,12H,3-4,6-7,9-10,15H2,1H3,(H,16,18)(H,17,20). The van der Waals surface area contributed by atoms with Gasteiger partial charge in [0.05, 0.1) is 11.4 Å². The van der Waals surface area contributed by atoms with Crippen LogP contribution in [0, 0.1) is 5.92 Å². The molecule has 0 unspecified atom stereocenters. The molecule has 6 heteroatoms. The number of rotatable bonds is 5. The van der Waals surface area contributed by atoms with E-state index in [1.54, 1.807) is 13.1 Å². The third kappa shape index (κ3) is 4.47. The average molecular weight is 277 g/mol. The summed E-state index contributed by atoms with van der Waals surface area (Å²) in [6.45, 7) is 5.31. The van der Waals surface area contributed by atoms with Crippen LogP contribution in [0.25, 0.3) is 0 Å². The molecule has 0 aromatic carbocycles. The van der Waals surface area contributed by atoms with E-state index in [-0.39, 0.29) is 5.91 Å². The molecular weight excluding hydrogens is 254 g/mol. The number of likely N-dealkylation sites (tertiary alicyclic amines) is 1. The molecule has 2 rings (SSSR count). The molecular formula is C14H23N5O. The third-order valence-corrected chi connectivity index (χ3v) is 3.72. The van der Waals surface area contributed by atoms with Gasteiger partial charge in [-0.05, 0) is 44.0 Å². The van der Waals surface area contributed by atoms with Crippen molar-refractivity contribution in [3.05, 3.63) is 24.0 Å². The van der Waals surface area contributed by atoms with Gasteiger partial charge in [0.25, 0.3) is 0 Å². The summed E-state index contributed by atoms with van der Waals surface area (Å²) in [6.07, 6.45) is 4.01. The van der Waals surface area contributed by atoms with Crippen LogP contribution in [0.3, 0.4) is 0 Å². The molecule has 1 amide bonds. The summed E-state index contributed by atoms with van der Waals surface area (Å²) in [5.74, 6) is 6.06. The van der Waals surface area contributed by atoms with Crippen molar-refractivity contribution < 1.29 is 4.79 Å². The molecule has 0 atom stereocenters. The smallest absolute Gasteiger partial charge is 0.216 e. The van der Waals surface area contributed by atoms with Gasteiger partial charge in [-0.15, -0.1) is 0 Å². The van der Waals surface area contributed by atoms with Crippen molar-refractivity contribution in [2.45, 2.75) is 26.3 Å². The number of pyridine rings is 1. The number of nitrogens with one attached hydrogen (secondary N) is 2. The number of carbonyl (C=O) groups excluding carboxylic acids is 1. The molecule has 20 heavy (non-hydrogen) atoms. The van der Waals surface area contributed by atoms with Crippen LogP contribution in [0.15, 0.2) is 18.3 Å². The van der Waals surface area contributed by atoms with Crippen molar-refractivity contribution in [3.63, 3.8) is 0 Å². The molecule has 0 aliphatic carbocycles. The van der Waals surface area contributed by atoms with E-state index in [4.69, 9.17) is 5.84 Å². The predicted molar refractivity (Wildman–Crippen MR) is 78.7 cm³/mol. The zero-order chi connectivity index (χ0) is 14.4. The Bertz CT molecular complexity index is 443. The topological polar surface area (TPSA) is 83.3 Å². The predicted octanol–water partition coefficient (Wildman–Crippen LogP) is 0.715. The monoisotopic (exact) mass is 277 g/mol. The summed E-state index contributed by atoms with van der Waals surface area (Å²) < 4.78 is 0. The third-order valence-electron chi connectivity index (χ3n) is 3.72. The lowest BCUT2D eigenvalue weighted by molar-refractivity contribution is -0.119. The second kappa shape index (κ2) is 7.21. The number of carbonyl (C=O) groups is 1. The van der Waals surface area contributed by atoms with Crippen molar-refractivity contribution >= 4 is 11.6 Å². The molecule has 110 valence electrons. The van der Waals surface area contributed by atoms with Crippen LogP contribution in [0.2, 0.25) is 0 Å². The first-order valence-corrected chi connectivity index (χ1v) is 7.05. The Labute approximate surface area is 119 Å². The summed E-state index contributed by atoms with van der Waals surface area (Å²) in [4.78, 5) is 17.7. The molecule has 1 aromatic rings. The van der Waals surface area contributed by atoms with Gasteiger partial charge in [-0.2, -0.15) is 0 Å². The molecule has 6 nitrogen and oxygen atoms in total. The molecule has 0 radical (unpaired) electrons. The molecule has 4 N–H and O–H groups in total. The van der Waals surface area contributed by atoms with E-state index in [2.05, 4.69) is 20.6 Å². The number of aromatic nitrogens is 1. The first kappa shape index (κ1) is 14.7. The molecule has 0 saturated carbocycles. The van der Waals surface area contributed by atoms with E-state index in [0.717, 1.165) is 50.4 Å². The van der Waals surface area contributed by atoms with E-state index in [9.17, 15) is 4.79 Å². The van der Waals surface area contributed by atoms with Gasteiger partial charge in [-0.3, -0.25) is 20.5 Å². The van der Waals surface area contributed by atoms with Gasteiger partial charge in [-0.1, -0.05) is 0 Å². The molecule has 1 aliphatic heterocycles. The molecule has 0 spiro atoms. The van der Waals surface area contributed by atoms with Crippen molar-refractivity contribution in [1.82, 2.24) is 15.2 Å². The molecule has 1 saturated heterocycles. The minimum atomic E-state index is 0.0581. The summed E-state index contributed by atoms with van der Waals surface area (Å²) in [7, 11) is 0. The minimum absolute atomic E-state index is 0.0581. The second-order valence-corrected chi connectivity index (χ2v) is 5.34. The van der Waals surface area contributed by atoms with Crippen LogP contribution in [0.4, 0.5) is 5.69 Å². The number of anilines is 1. The Morgan fingerprint density at radius 2 is 2.25 bits per heavy atom. The van der Waals surface area contributed by atoms with E-state index in [1.807, 2.05) is 12.1 Å². The van der Waals surface area contributed by atoms with Crippen LogP contribution < -0.4 is 16.6 Å². The number of hydrogen-bond donors (Lipinski definition) is 3. The second-order valence-electron chi connectivity index (χ2n) is 5.34. The van der Waals surface area contributed by atoms with Gasteiger partial charge in [0.15, 0.2) is 0 Å². The first-order chi connectivity index (χ1) is 9.67. The summed E-state index contributed by atoms with van der Waals surface area (Å²) in [6, 6.07) is 3.83. The largest absolute Gasteiger partial charge is 0.356 e. The zero-order valence-electron chi connectivity index (χ0n) is 11.9. The summed E-state index contributed by atoms with van der Waals surface area (Å²) in [5, 5.41) is 2.90. The van der Waals surface area contributed by atoms with Crippen LogP contribution in [-0.4, -0.2) is 35.4 Å². The van der Waals surface area contributed by atoms with Crippen LogP contribution >= 0.6 is 0 Å². The van der Waals surface area contributed by atoms with Gasteiger partial charge in [-0.25, -0.2) is 0 Å². The first-order valence-electron chi connectivity index (χ1n) is 7.05. The summed E-state index contributed by atoms with van der Waals surface area (Å²) >= 11 is 0. The lowest BCUT2D eigenvalue weighted by atomic mass is 9.96. The highest BCUT2D eigenvalue weighted by molar-refractivity contribution is 5.72. The normalized spacial score (nSPS) is 16.9. The van der Waals surface area contributed by atoms with E-state index >= 15 is 0 Å². The van der Waals surface area contributed by atoms with Crippen molar-refractivity contribution in [3.8, 4) is 0 Å². The SMILES string of the molecule is CC(=O)NCC1CCN(Cc2cc(NN)ccn2)CC1. The highest BCUT2D eigenvalue weighted by Crippen LogP contribution is 2.18. The lowest BCUT2D eigenvalue weighted by Gasteiger charge is -2.31. The number of nitrogens with two attached hydrogens (primary N) is 1. The molecule has 1 fully saturated rings. The Morgan fingerprint density at radius 3 is 2.90 bits per heavy atom. The van der Waals surface area contributed by atoms with Gasteiger partial charge in [0.2, 0.25) is 5.91 Å². The van der Waals surface area contributed by atoms with Gasteiger partial charge in [0, 0.05) is 26.2 Å². The van der Waals surface area contributed by atoms with Crippen molar-refractivity contribution in [2.75, 3.05) is 25.1 Å². The Kier molecular flexibility index (Phi) is 5.31. The minimum Gasteiger partial charge on any atom is -0.356 e. The fourth-order valence-electron chi connectivity index (χ4n) is 2.52. The van der Waals surface area contributed by atoms with Crippen LogP contribution in [0.5, 0.6) is 0 Å². The van der Waals surface area contributed by atoms with E-state index in [1.165, 1.54) is 0 Å². The molecule has 0 bridgehead atoms. The lowest BCUT2D eigenvalue weighted by Crippen LogP contribution is -2.38. The Morgan fingerprint density at radius 1 is 1.50 bits per heavy atom. The number of nitrogen functional groups attached to an aromatic ring is 1. The van der Waals surface area contributed by atoms with Gasteiger partial charge >= 0.3 is 0 Å². The zero-order valence-corrected chi connectivity index (χ0v) is 11.9. The number of nitrogens with zero attached hydrogens (tertiary/aromatic N) is 2. The molecule has 1 aromatic heterocycles. The maximum atomic E-state index is 10.9. The number of amides is 1. The van der Waals surface area contributed by atoms with E-state index in [0.29, 0.717) is 5.92 Å². The number of hydrazine groups is 1. The Balaban J connectivity index is 1.77. The van der Waals surface area contributed by atoms with Gasteiger partial charge < -0.3 is 10.7 Å². The van der Waals surface area contributed by atoms with Crippen molar-refractivity contribution in [2.24, 2.45) is 11.8 Å². The maximum absolute atomic E-state index is 10.9. The highest BCUT2D eigenvalue weighted by atomic mass is 16.1. The summed E-state index contributed by atoms with van der Waals surface area (Å²) in [5.41, 5.74) is 4.55. The highest BCUT2D eigenvalue weighted by Gasteiger charge is 2.19. The average Bonchev–Trinajstić information content (AvgIpc) is 2.47. The quantitative estimate of drug-likeness (QED) is 0.545. The molecule has 2 heterocycles. The van der Waals surface area contributed by atoms with E-state index < -0.39 is 0 Å². The number of piperidine rings is 1. The number of hydrogen-bond acceptors (Lipinski definition) is 5.